The minimum Gasteiger partial charge on any atom is -0.394 e. The second kappa shape index (κ2) is 6.36. The van der Waals surface area contributed by atoms with Gasteiger partial charge in [0.2, 0.25) is 5.91 Å². The van der Waals surface area contributed by atoms with Gasteiger partial charge in [0.1, 0.15) is 0 Å². The van der Waals surface area contributed by atoms with Gasteiger partial charge in [0.15, 0.2) is 0 Å². The molecular weight excluding hydrogens is 216 g/mol. The maximum atomic E-state index is 12.0. The predicted octanol–water partition coefficient (Wildman–Crippen LogP) is 1.43. The third kappa shape index (κ3) is 5.50. The monoisotopic (exact) mass is 244 g/mol. The molecule has 3 N–H and O–H groups in total. The van der Waals surface area contributed by atoms with E-state index < -0.39 is 5.54 Å². The van der Waals surface area contributed by atoms with Gasteiger partial charge in [-0.2, -0.15) is 0 Å². The molecule has 0 aromatic rings. The lowest BCUT2D eigenvalue weighted by atomic mass is 9.98. The number of hydrogen-bond donors (Lipinski definition) is 3. The summed E-state index contributed by atoms with van der Waals surface area (Å²) in [4.78, 5) is 12.0. The number of carbonyl (C=O) groups excluding carboxylic acids is 1. The largest absolute Gasteiger partial charge is 0.394 e. The first-order chi connectivity index (χ1) is 7.69. The van der Waals surface area contributed by atoms with Crippen LogP contribution in [-0.2, 0) is 4.79 Å². The van der Waals surface area contributed by atoms with Gasteiger partial charge in [-0.15, -0.1) is 0 Å². The third-order valence-electron chi connectivity index (χ3n) is 3.43. The zero-order valence-corrected chi connectivity index (χ0v) is 12.1. The van der Waals surface area contributed by atoms with Crippen molar-refractivity contribution in [2.24, 2.45) is 0 Å². The van der Waals surface area contributed by atoms with E-state index in [9.17, 15) is 9.90 Å². The highest BCUT2D eigenvalue weighted by Crippen LogP contribution is 2.11. The summed E-state index contributed by atoms with van der Waals surface area (Å²) in [5.41, 5.74) is -0.581. The van der Waals surface area contributed by atoms with E-state index in [0.29, 0.717) is 0 Å². The van der Waals surface area contributed by atoms with Crippen molar-refractivity contribution in [3.8, 4) is 0 Å². The van der Waals surface area contributed by atoms with Crippen molar-refractivity contribution in [1.29, 1.82) is 0 Å². The first kappa shape index (κ1) is 16.4. The Morgan fingerprint density at radius 1 is 1.24 bits per heavy atom. The lowest BCUT2D eigenvalue weighted by molar-refractivity contribution is -0.125. The molecule has 0 bridgehead atoms. The molecular formula is C13H28N2O2. The van der Waals surface area contributed by atoms with E-state index in [-0.39, 0.29) is 24.1 Å². The summed E-state index contributed by atoms with van der Waals surface area (Å²) < 4.78 is 0. The Hall–Kier alpha value is -0.610. The molecule has 0 saturated carbocycles. The molecule has 102 valence electrons. The summed E-state index contributed by atoms with van der Waals surface area (Å²) >= 11 is 0. The Morgan fingerprint density at radius 3 is 2.12 bits per heavy atom. The molecule has 0 rings (SSSR count). The summed E-state index contributed by atoms with van der Waals surface area (Å²) in [5.74, 6) is -0.0232. The average Bonchev–Trinajstić information content (AvgIpc) is 2.28. The molecule has 2 atom stereocenters. The number of carbonyl (C=O) groups is 1. The molecule has 1 amide bonds. The molecule has 0 aliphatic heterocycles. The zero-order valence-electron chi connectivity index (χ0n) is 12.1. The molecule has 0 aliphatic rings. The topological polar surface area (TPSA) is 61.4 Å². The van der Waals surface area contributed by atoms with E-state index >= 15 is 0 Å². The van der Waals surface area contributed by atoms with Crippen LogP contribution in [0.2, 0.25) is 0 Å². The number of nitrogens with one attached hydrogen (secondary N) is 2. The van der Waals surface area contributed by atoms with Gasteiger partial charge < -0.3 is 10.4 Å². The number of hydrogen-bond acceptors (Lipinski definition) is 3. The molecule has 17 heavy (non-hydrogen) atoms. The Bertz CT molecular complexity index is 248. The SMILES string of the molecule is CCC(C)(C)NC(=O)C(C)NC(C)(CC)CO. The Labute approximate surface area is 105 Å². The Morgan fingerprint density at radius 2 is 1.76 bits per heavy atom. The highest BCUT2D eigenvalue weighted by atomic mass is 16.3. The van der Waals surface area contributed by atoms with Gasteiger partial charge in [-0.3, -0.25) is 10.1 Å². The zero-order chi connectivity index (χ0) is 13.7. The molecule has 0 heterocycles. The fourth-order valence-corrected chi connectivity index (χ4v) is 1.38. The van der Waals surface area contributed by atoms with Crippen LogP contribution in [0.25, 0.3) is 0 Å². The first-order valence-corrected chi connectivity index (χ1v) is 6.40. The lowest BCUT2D eigenvalue weighted by Gasteiger charge is -2.33. The second-order valence-corrected chi connectivity index (χ2v) is 5.67. The van der Waals surface area contributed by atoms with Crippen LogP contribution < -0.4 is 10.6 Å². The van der Waals surface area contributed by atoms with Crippen molar-refractivity contribution >= 4 is 5.91 Å². The van der Waals surface area contributed by atoms with Crippen molar-refractivity contribution in [2.45, 2.75) is 71.5 Å². The average molecular weight is 244 g/mol. The van der Waals surface area contributed by atoms with Gasteiger partial charge in [-0.25, -0.2) is 0 Å². The van der Waals surface area contributed by atoms with E-state index in [1.165, 1.54) is 0 Å². The van der Waals surface area contributed by atoms with Crippen LogP contribution in [0.3, 0.4) is 0 Å². The van der Waals surface area contributed by atoms with Crippen molar-refractivity contribution in [3.05, 3.63) is 0 Å². The van der Waals surface area contributed by atoms with Gasteiger partial charge >= 0.3 is 0 Å². The summed E-state index contributed by atoms with van der Waals surface area (Å²) in [6.45, 7) is 11.8. The van der Waals surface area contributed by atoms with Gasteiger partial charge in [-0.05, 0) is 40.5 Å². The molecule has 0 aromatic carbocycles. The Kier molecular flexibility index (Phi) is 6.13. The number of aliphatic hydroxyl groups is 1. The maximum Gasteiger partial charge on any atom is 0.237 e. The van der Waals surface area contributed by atoms with Crippen LogP contribution >= 0.6 is 0 Å². The van der Waals surface area contributed by atoms with Crippen molar-refractivity contribution in [2.75, 3.05) is 6.61 Å². The standard InChI is InChI=1S/C13H28N2O2/c1-7-12(4,5)15-11(17)10(3)14-13(6,8-2)9-16/h10,14,16H,7-9H2,1-6H3,(H,15,17). The summed E-state index contributed by atoms with van der Waals surface area (Å²) in [7, 11) is 0. The summed E-state index contributed by atoms with van der Waals surface area (Å²) in [5, 5.41) is 15.5. The Balaban J connectivity index is 4.42. The van der Waals surface area contributed by atoms with E-state index in [0.717, 1.165) is 12.8 Å². The fourth-order valence-electron chi connectivity index (χ4n) is 1.38. The van der Waals surface area contributed by atoms with Crippen LogP contribution in [0.1, 0.15) is 54.4 Å². The molecule has 0 radical (unpaired) electrons. The quantitative estimate of drug-likeness (QED) is 0.635. The number of rotatable bonds is 7. The van der Waals surface area contributed by atoms with Crippen LogP contribution in [-0.4, -0.2) is 34.7 Å². The van der Waals surface area contributed by atoms with Crippen molar-refractivity contribution in [3.63, 3.8) is 0 Å². The highest BCUT2D eigenvalue weighted by molar-refractivity contribution is 5.82. The molecule has 0 aliphatic carbocycles. The van der Waals surface area contributed by atoms with Crippen LogP contribution in [0.4, 0.5) is 0 Å². The lowest BCUT2D eigenvalue weighted by Crippen LogP contribution is -2.57. The van der Waals surface area contributed by atoms with E-state index in [1.54, 1.807) is 0 Å². The minimum absolute atomic E-state index is 0.0232. The molecule has 2 unspecified atom stereocenters. The van der Waals surface area contributed by atoms with Crippen molar-refractivity contribution < 1.29 is 9.90 Å². The molecule has 4 heteroatoms. The van der Waals surface area contributed by atoms with Gasteiger partial charge in [0.05, 0.1) is 12.6 Å². The molecule has 0 fully saturated rings. The van der Waals surface area contributed by atoms with Crippen LogP contribution in [0.15, 0.2) is 0 Å². The smallest absolute Gasteiger partial charge is 0.237 e. The molecule has 0 aromatic heterocycles. The first-order valence-electron chi connectivity index (χ1n) is 6.40. The second-order valence-electron chi connectivity index (χ2n) is 5.67. The summed E-state index contributed by atoms with van der Waals surface area (Å²) in [6.07, 6.45) is 1.66. The van der Waals surface area contributed by atoms with Gasteiger partial charge in [-0.1, -0.05) is 13.8 Å². The maximum absolute atomic E-state index is 12.0. The molecule has 0 spiro atoms. The van der Waals surface area contributed by atoms with Gasteiger partial charge in [0, 0.05) is 11.1 Å². The summed E-state index contributed by atoms with van der Waals surface area (Å²) in [6, 6.07) is -0.307. The van der Waals surface area contributed by atoms with E-state index in [4.69, 9.17) is 0 Å². The molecule has 4 nitrogen and oxygen atoms in total. The van der Waals surface area contributed by atoms with Gasteiger partial charge in [0.25, 0.3) is 0 Å². The van der Waals surface area contributed by atoms with E-state index in [2.05, 4.69) is 10.6 Å². The normalized spacial score (nSPS) is 17.4. The fraction of sp³-hybridized carbons (Fsp3) is 0.923. The molecule has 0 saturated heterocycles. The van der Waals surface area contributed by atoms with E-state index in [1.807, 2.05) is 41.5 Å². The van der Waals surface area contributed by atoms with Crippen LogP contribution in [0, 0.1) is 0 Å². The number of amides is 1. The predicted molar refractivity (Wildman–Crippen MR) is 70.9 cm³/mol. The van der Waals surface area contributed by atoms with Crippen LogP contribution in [0.5, 0.6) is 0 Å². The minimum atomic E-state index is -0.396. The number of aliphatic hydroxyl groups excluding tert-OH is 1. The van der Waals surface area contributed by atoms with Crippen molar-refractivity contribution in [1.82, 2.24) is 10.6 Å². The highest BCUT2D eigenvalue weighted by Gasteiger charge is 2.28. The third-order valence-corrected chi connectivity index (χ3v) is 3.43.